The molecule has 2 aromatic rings. The molecular formula is C30H38N4Zn. The zero-order chi connectivity index (χ0) is 25.5. The predicted octanol–water partition coefficient (Wildman–Crippen LogP) is 7.44. The minimum Gasteiger partial charge on any atom is -0.661 e. The third-order valence-corrected chi connectivity index (χ3v) is 7.66. The van der Waals surface area contributed by atoms with E-state index in [4.69, 9.17) is 0 Å². The molecule has 2 aromatic heterocycles. The van der Waals surface area contributed by atoms with Crippen molar-refractivity contribution in [2.45, 2.75) is 83.1 Å². The molecule has 0 saturated heterocycles. The van der Waals surface area contributed by atoms with Crippen molar-refractivity contribution in [3.8, 4) is 0 Å². The first kappa shape index (κ1) is 28.7. The Kier molecular flexibility index (Phi) is 9.06. The van der Waals surface area contributed by atoms with Gasteiger partial charge in [-0.15, -0.1) is 11.4 Å². The Morgan fingerprint density at radius 1 is 0.457 bits per heavy atom. The minimum atomic E-state index is 0. The predicted molar refractivity (Wildman–Crippen MR) is 147 cm³/mol. The molecule has 0 aromatic carbocycles. The molecule has 180 valence electrons. The fourth-order valence-electron chi connectivity index (χ4n) is 4.07. The first-order valence-electron chi connectivity index (χ1n) is 11.9. The summed E-state index contributed by atoms with van der Waals surface area (Å²) in [5.41, 5.74) is 18.9. The Balaban J connectivity index is 0.000000240. The Bertz CT molecular complexity index is 1240. The zero-order valence-corrected chi connectivity index (χ0v) is 26.6. The largest absolute Gasteiger partial charge is 2.00 e. The molecule has 0 bridgehead atoms. The molecule has 0 saturated carbocycles. The van der Waals surface area contributed by atoms with Crippen molar-refractivity contribution in [3.05, 3.63) is 78.7 Å². The van der Waals surface area contributed by atoms with Crippen LogP contribution in [-0.2, 0) is 19.5 Å². The maximum absolute atomic E-state index is 4.59. The molecule has 2 aliphatic heterocycles. The van der Waals surface area contributed by atoms with E-state index in [0.29, 0.717) is 0 Å². The minimum absolute atomic E-state index is 0. The van der Waals surface area contributed by atoms with Crippen LogP contribution in [0.15, 0.2) is 43.7 Å². The number of aliphatic imine (C=N–C) groups is 2. The molecule has 35 heavy (non-hydrogen) atoms. The monoisotopic (exact) mass is 518 g/mol. The van der Waals surface area contributed by atoms with E-state index in [2.05, 4.69) is 115 Å². The van der Waals surface area contributed by atoms with Crippen LogP contribution in [0.1, 0.15) is 86.6 Å². The third kappa shape index (κ3) is 5.67. The molecule has 2 aliphatic rings. The van der Waals surface area contributed by atoms with E-state index < -0.39 is 0 Å². The van der Waals surface area contributed by atoms with Crippen LogP contribution < -0.4 is 9.97 Å². The number of allylic oxidation sites excluding steroid dienone is 4. The van der Waals surface area contributed by atoms with Crippen molar-refractivity contribution >= 4 is 23.6 Å². The summed E-state index contributed by atoms with van der Waals surface area (Å²) in [7, 11) is 0. The second-order valence-corrected chi connectivity index (χ2v) is 9.62. The van der Waals surface area contributed by atoms with Gasteiger partial charge in [0.2, 0.25) is 0 Å². The summed E-state index contributed by atoms with van der Waals surface area (Å²) in [6.45, 7) is 25.2. The van der Waals surface area contributed by atoms with Gasteiger partial charge in [0, 0.05) is 11.4 Å². The van der Waals surface area contributed by atoms with Crippen LogP contribution in [0.5, 0.6) is 0 Å². The fraction of sp³-hybridized carbons (Fsp3) is 0.400. The summed E-state index contributed by atoms with van der Waals surface area (Å²) in [6.07, 6.45) is 4.20. The number of rotatable bonds is 2. The summed E-state index contributed by atoms with van der Waals surface area (Å²) >= 11 is 0. The average molecular weight is 520 g/mol. The van der Waals surface area contributed by atoms with Gasteiger partial charge in [-0.3, -0.25) is 9.98 Å². The van der Waals surface area contributed by atoms with E-state index in [1.54, 1.807) is 0 Å². The molecule has 4 nitrogen and oxygen atoms in total. The molecule has 0 unspecified atom stereocenters. The molecule has 0 radical (unpaired) electrons. The van der Waals surface area contributed by atoms with Gasteiger partial charge in [0.1, 0.15) is 0 Å². The van der Waals surface area contributed by atoms with E-state index in [1.165, 1.54) is 44.5 Å². The van der Waals surface area contributed by atoms with Gasteiger partial charge < -0.3 is 9.97 Å². The summed E-state index contributed by atoms with van der Waals surface area (Å²) in [6, 6.07) is 0. The zero-order valence-electron chi connectivity index (χ0n) is 23.7. The summed E-state index contributed by atoms with van der Waals surface area (Å²) < 4.78 is 0. The molecule has 5 heteroatoms. The quantitative estimate of drug-likeness (QED) is 0.387. The van der Waals surface area contributed by atoms with Crippen LogP contribution in [-0.4, -0.2) is 11.4 Å². The Hall–Kier alpha value is -2.52. The number of nitrogens with zero attached hydrogens (tertiary/aromatic N) is 4. The van der Waals surface area contributed by atoms with Crippen molar-refractivity contribution in [3.63, 3.8) is 0 Å². The maximum atomic E-state index is 4.59. The molecular weight excluding hydrogens is 482 g/mol. The van der Waals surface area contributed by atoms with Crippen LogP contribution in [0.2, 0.25) is 0 Å². The third-order valence-electron chi connectivity index (χ3n) is 7.66. The molecule has 4 heterocycles. The summed E-state index contributed by atoms with van der Waals surface area (Å²) in [4.78, 5) is 18.4. The number of hydrogen-bond acceptors (Lipinski definition) is 2. The van der Waals surface area contributed by atoms with Crippen LogP contribution in [0.4, 0.5) is 0 Å². The van der Waals surface area contributed by atoms with Crippen LogP contribution in [0.25, 0.3) is 12.2 Å². The van der Waals surface area contributed by atoms with Crippen molar-refractivity contribution in [2.75, 3.05) is 0 Å². The van der Waals surface area contributed by atoms with E-state index in [9.17, 15) is 0 Å². The standard InChI is InChI=1S/2C15H19N2.Zn/c2*1-8-10(3)14(16-12(8)5)7-15-11(4)9(2)13(6)17-15;/h2*7H,1-6H3;/q2*-1;+2/b2*14-7-;. The molecule has 0 atom stereocenters. The summed E-state index contributed by atoms with van der Waals surface area (Å²) in [5.74, 6) is 0. The van der Waals surface area contributed by atoms with Crippen LogP contribution >= 0.6 is 0 Å². The van der Waals surface area contributed by atoms with Gasteiger partial charge >= 0.3 is 19.5 Å². The topological polar surface area (TPSA) is 52.9 Å². The second-order valence-electron chi connectivity index (χ2n) is 9.62. The van der Waals surface area contributed by atoms with Gasteiger partial charge in [-0.05, 0) is 91.5 Å². The van der Waals surface area contributed by atoms with Gasteiger partial charge in [0.05, 0.1) is 11.4 Å². The molecule has 0 aliphatic carbocycles. The number of aromatic nitrogens is 2. The first-order valence-corrected chi connectivity index (χ1v) is 11.9. The van der Waals surface area contributed by atoms with E-state index in [-0.39, 0.29) is 19.5 Å². The molecule has 0 amide bonds. The smallest absolute Gasteiger partial charge is 0.661 e. The molecule has 0 spiro atoms. The van der Waals surface area contributed by atoms with Gasteiger partial charge in [-0.25, -0.2) is 0 Å². The number of hydrogen-bond donors (Lipinski definition) is 0. The first-order chi connectivity index (χ1) is 15.8. The van der Waals surface area contributed by atoms with Gasteiger partial charge in [0.25, 0.3) is 0 Å². The maximum Gasteiger partial charge on any atom is 2.00 e. The molecule has 0 N–H and O–H groups in total. The Morgan fingerprint density at radius 2 is 0.771 bits per heavy atom. The Morgan fingerprint density at radius 3 is 0.971 bits per heavy atom. The van der Waals surface area contributed by atoms with E-state index >= 15 is 0 Å². The fourth-order valence-corrected chi connectivity index (χ4v) is 4.07. The van der Waals surface area contributed by atoms with Crippen molar-refractivity contribution in [1.29, 1.82) is 0 Å². The average Bonchev–Trinajstić information content (AvgIpc) is 3.37. The van der Waals surface area contributed by atoms with Gasteiger partial charge in [-0.2, -0.15) is 11.4 Å². The second kappa shape index (κ2) is 11.0. The molecule has 4 rings (SSSR count). The normalized spacial score (nSPS) is 17.7. The van der Waals surface area contributed by atoms with E-state index in [0.717, 1.165) is 45.6 Å². The SMILES string of the molecule is CC1=N/C(=C\c2[n-]c(C)c(C)c2C)C(C)=C1C.CC1=N/C(=C\c2[n-]c(C)c(C)c2C)C(C)=C1C.[Zn+2]. The van der Waals surface area contributed by atoms with Crippen molar-refractivity contribution < 1.29 is 19.5 Å². The van der Waals surface area contributed by atoms with Crippen molar-refractivity contribution in [2.24, 2.45) is 9.98 Å². The summed E-state index contributed by atoms with van der Waals surface area (Å²) in [5, 5.41) is 0. The van der Waals surface area contributed by atoms with Gasteiger partial charge in [-0.1, -0.05) is 48.3 Å². The van der Waals surface area contributed by atoms with Crippen molar-refractivity contribution in [1.82, 2.24) is 9.97 Å². The Labute approximate surface area is 224 Å². The van der Waals surface area contributed by atoms with Crippen LogP contribution in [0.3, 0.4) is 0 Å². The van der Waals surface area contributed by atoms with Gasteiger partial charge in [0.15, 0.2) is 0 Å². The number of aryl methyl sites for hydroxylation is 2. The van der Waals surface area contributed by atoms with Crippen LogP contribution in [0, 0.1) is 41.5 Å². The molecule has 0 fully saturated rings. The van der Waals surface area contributed by atoms with E-state index in [1.807, 2.05) is 0 Å².